The highest BCUT2D eigenvalue weighted by molar-refractivity contribution is 8.00. The van der Waals surface area contributed by atoms with Gasteiger partial charge in [0, 0.05) is 34.5 Å². The van der Waals surface area contributed by atoms with Gasteiger partial charge < -0.3 is 4.90 Å². The fourth-order valence-electron chi connectivity index (χ4n) is 2.90. The summed E-state index contributed by atoms with van der Waals surface area (Å²) in [5.41, 5.74) is 4.77. The quantitative estimate of drug-likeness (QED) is 0.676. The molecule has 3 rings (SSSR count). The monoisotopic (exact) mass is 350 g/mol. The number of hydrogen-bond acceptors (Lipinski definition) is 3. The molecule has 0 bridgehead atoms. The Morgan fingerprint density at radius 1 is 1.00 bits per heavy atom. The Balaban J connectivity index is 1.93. The van der Waals surface area contributed by atoms with Gasteiger partial charge in [0.25, 0.3) is 0 Å². The van der Waals surface area contributed by atoms with Crippen molar-refractivity contribution >= 4 is 29.2 Å². The molecule has 25 heavy (non-hydrogen) atoms. The third-order valence-electron chi connectivity index (χ3n) is 4.06. The number of likely N-dealkylation sites (N-methyl/N-ethyl adjacent to an activating group) is 1. The van der Waals surface area contributed by atoms with Crippen LogP contribution < -0.4 is 4.90 Å². The van der Waals surface area contributed by atoms with Gasteiger partial charge in [-0.05, 0) is 23.8 Å². The Morgan fingerprint density at radius 2 is 1.72 bits per heavy atom. The summed E-state index contributed by atoms with van der Waals surface area (Å²) >= 11 is 1.90. The van der Waals surface area contributed by atoms with Crippen LogP contribution in [0.3, 0.4) is 0 Å². The average Bonchev–Trinajstić information content (AvgIpc) is 2.72. The number of benzene rings is 2. The summed E-state index contributed by atoms with van der Waals surface area (Å²) in [5.74, 6) is 0. The molecular formula is C22H26N2S. The highest BCUT2D eigenvalue weighted by Gasteiger charge is 2.15. The number of allylic oxidation sites excluding steroid dienone is 1. The molecule has 130 valence electrons. The number of para-hydroxylation sites is 1. The summed E-state index contributed by atoms with van der Waals surface area (Å²) in [6, 6.07) is 17.1. The van der Waals surface area contributed by atoms with Gasteiger partial charge in [-0.25, -0.2) is 0 Å². The second-order valence-electron chi connectivity index (χ2n) is 7.29. The molecule has 1 heterocycles. The molecule has 2 nitrogen and oxygen atoms in total. The van der Waals surface area contributed by atoms with E-state index >= 15 is 0 Å². The van der Waals surface area contributed by atoms with Crippen molar-refractivity contribution < 1.29 is 0 Å². The summed E-state index contributed by atoms with van der Waals surface area (Å²) < 4.78 is 0.194. The fourth-order valence-corrected chi connectivity index (χ4v) is 3.96. The van der Waals surface area contributed by atoms with Crippen molar-refractivity contribution in [3.05, 3.63) is 65.7 Å². The zero-order chi connectivity index (χ0) is 17.9. The van der Waals surface area contributed by atoms with Crippen LogP contribution in [-0.4, -0.2) is 30.6 Å². The Bertz CT molecular complexity index is 800. The van der Waals surface area contributed by atoms with E-state index in [9.17, 15) is 0 Å². The first kappa shape index (κ1) is 17.8. The Kier molecular flexibility index (Phi) is 5.33. The van der Waals surface area contributed by atoms with Gasteiger partial charge in [0.15, 0.2) is 0 Å². The molecule has 0 spiro atoms. The molecule has 0 radical (unpaired) electrons. The summed E-state index contributed by atoms with van der Waals surface area (Å²) in [5, 5.41) is 0. The van der Waals surface area contributed by atoms with Crippen molar-refractivity contribution in [2.75, 3.05) is 25.0 Å². The number of nitrogens with zero attached hydrogens (tertiary/aromatic N) is 2. The van der Waals surface area contributed by atoms with Crippen LogP contribution in [0.4, 0.5) is 5.69 Å². The van der Waals surface area contributed by atoms with E-state index in [2.05, 4.69) is 93.4 Å². The molecule has 1 aliphatic rings. The largest absolute Gasteiger partial charge is 0.372 e. The van der Waals surface area contributed by atoms with Gasteiger partial charge in [0.2, 0.25) is 0 Å². The Labute approximate surface area is 155 Å². The maximum atomic E-state index is 4.82. The van der Waals surface area contributed by atoms with Gasteiger partial charge in [0.05, 0.1) is 12.3 Å². The van der Waals surface area contributed by atoms with Crippen molar-refractivity contribution in [2.24, 2.45) is 4.99 Å². The van der Waals surface area contributed by atoms with E-state index in [0.717, 1.165) is 18.8 Å². The molecule has 2 aromatic carbocycles. The standard InChI is InChI=1S/C22H26N2S/c1-22(2,3)25-21-12-8-5-9-17(21)13-14-19-18-10-6-7-11-20(18)24(4)16-15-23-19/h5-14H,15-16H2,1-4H3/b14-13+. The molecule has 0 saturated carbocycles. The number of benzodiazepines with no additional fused rings is 1. The molecule has 0 amide bonds. The second-order valence-corrected chi connectivity index (χ2v) is 9.16. The van der Waals surface area contributed by atoms with Gasteiger partial charge in [-0.1, -0.05) is 63.2 Å². The van der Waals surface area contributed by atoms with Gasteiger partial charge in [-0.3, -0.25) is 4.99 Å². The predicted octanol–water partition coefficient (Wildman–Crippen LogP) is 5.53. The normalized spacial score (nSPS) is 15.0. The van der Waals surface area contributed by atoms with E-state index in [1.165, 1.54) is 21.7 Å². The smallest absolute Gasteiger partial charge is 0.0668 e. The second kappa shape index (κ2) is 7.49. The van der Waals surface area contributed by atoms with Crippen LogP contribution in [0.15, 0.2) is 64.5 Å². The fraction of sp³-hybridized carbons (Fsp3) is 0.318. The summed E-state index contributed by atoms with van der Waals surface area (Å²) in [7, 11) is 2.14. The molecule has 0 aromatic heterocycles. The van der Waals surface area contributed by atoms with Crippen LogP contribution in [-0.2, 0) is 0 Å². The molecule has 0 saturated heterocycles. The molecule has 0 N–H and O–H groups in total. The van der Waals surface area contributed by atoms with Gasteiger partial charge in [0.1, 0.15) is 0 Å². The third kappa shape index (κ3) is 4.55. The first-order chi connectivity index (χ1) is 11.9. The number of rotatable bonds is 3. The van der Waals surface area contributed by atoms with Crippen molar-refractivity contribution in [3.8, 4) is 0 Å². The summed E-state index contributed by atoms with van der Waals surface area (Å²) in [6.45, 7) is 8.52. The van der Waals surface area contributed by atoms with Crippen molar-refractivity contribution in [2.45, 2.75) is 30.4 Å². The minimum Gasteiger partial charge on any atom is -0.372 e. The van der Waals surface area contributed by atoms with Gasteiger partial charge in [-0.2, -0.15) is 0 Å². The first-order valence-corrected chi connectivity index (χ1v) is 9.57. The number of anilines is 1. The lowest BCUT2D eigenvalue weighted by atomic mass is 10.1. The van der Waals surface area contributed by atoms with Crippen LogP contribution >= 0.6 is 11.8 Å². The van der Waals surface area contributed by atoms with E-state index < -0.39 is 0 Å². The molecule has 1 aliphatic heterocycles. The van der Waals surface area contributed by atoms with Crippen molar-refractivity contribution in [1.29, 1.82) is 0 Å². The van der Waals surface area contributed by atoms with E-state index in [4.69, 9.17) is 4.99 Å². The van der Waals surface area contributed by atoms with Crippen LogP contribution in [0.2, 0.25) is 0 Å². The average molecular weight is 351 g/mol. The molecular weight excluding hydrogens is 324 g/mol. The number of fused-ring (bicyclic) bond motifs is 1. The number of hydrogen-bond donors (Lipinski definition) is 0. The molecule has 0 unspecified atom stereocenters. The summed E-state index contributed by atoms with van der Waals surface area (Å²) in [4.78, 5) is 8.41. The van der Waals surface area contributed by atoms with Crippen LogP contribution in [0.5, 0.6) is 0 Å². The third-order valence-corrected chi connectivity index (χ3v) is 5.27. The van der Waals surface area contributed by atoms with E-state index in [0.29, 0.717) is 0 Å². The van der Waals surface area contributed by atoms with Crippen LogP contribution in [0.1, 0.15) is 31.9 Å². The maximum absolute atomic E-state index is 4.82. The SMILES string of the molecule is CN1CCN=C(/C=C/c2ccccc2SC(C)(C)C)c2ccccc21. The highest BCUT2D eigenvalue weighted by Crippen LogP contribution is 2.34. The highest BCUT2D eigenvalue weighted by atomic mass is 32.2. The molecule has 3 heteroatoms. The Hall–Kier alpha value is -2.00. The van der Waals surface area contributed by atoms with Gasteiger partial charge in [-0.15, -0.1) is 11.8 Å². The van der Waals surface area contributed by atoms with Crippen molar-refractivity contribution in [3.63, 3.8) is 0 Å². The number of aliphatic imine (C=N–C) groups is 1. The maximum Gasteiger partial charge on any atom is 0.0668 e. The molecule has 0 aliphatic carbocycles. The predicted molar refractivity (Wildman–Crippen MR) is 112 cm³/mol. The van der Waals surface area contributed by atoms with E-state index in [1.807, 2.05) is 11.8 Å². The lowest BCUT2D eigenvalue weighted by Gasteiger charge is -2.19. The molecule has 0 atom stereocenters. The summed E-state index contributed by atoms with van der Waals surface area (Å²) in [6.07, 6.45) is 4.37. The van der Waals surface area contributed by atoms with E-state index in [-0.39, 0.29) is 4.75 Å². The minimum absolute atomic E-state index is 0.194. The lowest BCUT2D eigenvalue weighted by Crippen LogP contribution is -2.20. The van der Waals surface area contributed by atoms with Gasteiger partial charge >= 0.3 is 0 Å². The van der Waals surface area contributed by atoms with Crippen LogP contribution in [0, 0.1) is 0 Å². The van der Waals surface area contributed by atoms with E-state index in [1.54, 1.807) is 0 Å². The minimum atomic E-state index is 0.194. The zero-order valence-electron chi connectivity index (χ0n) is 15.5. The van der Waals surface area contributed by atoms with Crippen molar-refractivity contribution in [1.82, 2.24) is 0 Å². The molecule has 2 aromatic rings. The lowest BCUT2D eigenvalue weighted by molar-refractivity contribution is 0.802. The first-order valence-electron chi connectivity index (χ1n) is 8.75. The molecule has 0 fully saturated rings. The Morgan fingerprint density at radius 3 is 2.52 bits per heavy atom. The number of thioether (sulfide) groups is 1. The topological polar surface area (TPSA) is 15.6 Å². The zero-order valence-corrected chi connectivity index (χ0v) is 16.3. The van der Waals surface area contributed by atoms with Crippen LogP contribution in [0.25, 0.3) is 6.08 Å².